The van der Waals surface area contributed by atoms with Crippen molar-refractivity contribution in [1.29, 1.82) is 0 Å². The minimum Gasteiger partial charge on any atom is -0.378 e. The molecule has 4 rings (SSSR count). The number of carbonyl (C=O) groups excluding carboxylic acids is 2. The van der Waals surface area contributed by atoms with Gasteiger partial charge in [-0.2, -0.15) is 0 Å². The fourth-order valence-electron chi connectivity index (χ4n) is 3.30. The number of fused-ring (bicyclic) bond motifs is 1. The van der Waals surface area contributed by atoms with Crippen LogP contribution in [0.4, 0.5) is 0 Å². The molecule has 0 atom stereocenters. The van der Waals surface area contributed by atoms with Crippen molar-refractivity contribution in [2.24, 2.45) is 0 Å². The average Bonchev–Trinajstić information content (AvgIpc) is 3.28. The number of morpholine rings is 1. The summed E-state index contributed by atoms with van der Waals surface area (Å²) in [5.74, 6) is 0.849. The third kappa shape index (κ3) is 3.17. The summed E-state index contributed by atoms with van der Waals surface area (Å²) in [6.07, 6.45) is 5.93. The SMILES string of the molecule is O=C(c1cc[nH]c1)N1CCc2nc(C(=O)N3CCOCC3)cn2CC1. The summed E-state index contributed by atoms with van der Waals surface area (Å²) in [7, 11) is 0. The number of ether oxygens (including phenoxy) is 1. The molecule has 4 heterocycles. The van der Waals surface area contributed by atoms with Gasteiger partial charge in [0.25, 0.3) is 11.8 Å². The van der Waals surface area contributed by atoms with Crippen molar-refractivity contribution >= 4 is 11.8 Å². The van der Waals surface area contributed by atoms with Crippen LogP contribution < -0.4 is 0 Å². The van der Waals surface area contributed by atoms with Crippen molar-refractivity contribution in [3.63, 3.8) is 0 Å². The number of carbonyl (C=O) groups is 2. The molecule has 8 heteroatoms. The Balaban J connectivity index is 1.44. The van der Waals surface area contributed by atoms with E-state index in [1.165, 1.54) is 0 Å². The Labute approximate surface area is 145 Å². The highest BCUT2D eigenvalue weighted by atomic mass is 16.5. The van der Waals surface area contributed by atoms with Crippen molar-refractivity contribution in [2.45, 2.75) is 13.0 Å². The van der Waals surface area contributed by atoms with Crippen LogP contribution >= 0.6 is 0 Å². The van der Waals surface area contributed by atoms with Gasteiger partial charge in [-0.3, -0.25) is 9.59 Å². The number of hydrogen-bond acceptors (Lipinski definition) is 4. The second-order valence-corrected chi connectivity index (χ2v) is 6.28. The molecule has 132 valence electrons. The zero-order chi connectivity index (χ0) is 17.2. The molecule has 8 nitrogen and oxygen atoms in total. The Bertz CT molecular complexity index is 736. The van der Waals surface area contributed by atoms with Gasteiger partial charge in [0, 0.05) is 57.7 Å². The summed E-state index contributed by atoms with van der Waals surface area (Å²) in [4.78, 5) is 36.1. The molecule has 0 aliphatic carbocycles. The Morgan fingerprint density at radius 3 is 2.60 bits per heavy atom. The number of H-pyrrole nitrogens is 1. The molecule has 2 aliphatic rings. The van der Waals surface area contributed by atoms with Crippen molar-refractivity contribution in [1.82, 2.24) is 24.3 Å². The lowest BCUT2D eigenvalue weighted by atomic mass is 10.2. The summed E-state index contributed by atoms with van der Waals surface area (Å²) in [6, 6.07) is 1.78. The Kier molecular flexibility index (Phi) is 4.27. The molecule has 0 aromatic carbocycles. The number of rotatable bonds is 2. The van der Waals surface area contributed by atoms with Crippen LogP contribution in [0.1, 0.15) is 26.7 Å². The molecule has 2 aromatic rings. The molecule has 0 saturated carbocycles. The highest BCUT2D eigenvalue weighted by Gasteiger charge is 2.25. The number of aromatic nitrogens is 3. The highest BCUT2D eigenvalue weighted by Crippen LogP contribution is 2.14. The average molecular weight is 343 g/mol. The van der Waals surface area contributed by atoms with E-state index >= 15 is 0 Å². The molecule has 2 aliphatic heterocycles. The molecule has 1 N–H and O–H groups in total. The smallest absolute Gasteiger partial charge is 0.274 e. The summed E-state index contributed by atoms with van der Waals surface area (Å²) in [5.41, 5.74) is 1.16. The van der Waals surface area contributed by atoms with Crippen LogP contribution in [0.3, 0.4) is 0 Å². The van der Waals surface area contributed by atoms with Gasteiger partial charge in [0.1, 0.15) is 11.5 Å². The lowest BCUT2D eigenvalue weighted by Gasteiger charge is -2.26. The number of aromatic amines is 1. The molecular weight excluding hydrogens is 322 g/mol. The molecule has 2 amide bonds. The van der Waals surface area contributed by atoms with Crippen molar-refractivity contribution < 1.29 is 14.3 Å². The minimum absolute atomic E-state index is 0.0246. The quantitative estimate of drug-likeness (QED) is 0.855. The topological polar surface area (TPSA) is 83.5 Å². The summed E-state index contributed by atoms with van der Waals surface area (Å²) in [6.45, 7) is 4.24. The summed E-state index contributed by atoms with van der Waals surface area (Å²) >= 11 is 0. The van der Waals surface area contributed by atoms with Gasteiger partial charge >= 0.3 is 0 Å². The van der Waals surface area contributed by atoms with E-state index in [1.807, 2.05) is 15.7 Å². The van der Waals surface area contributed by atoms with Gasteiger partial charge in [0.2, 0.25) is 0 Å². The molecule has 1 saturated heterocycles. The molecule has 0 radical (unpaired) electrons. The summed E-state index contributed by atoms with van der Waals surface area (Å²) in [5, 5.41) is 0. The highest BCUT2D eigenvalue weighted by molar-refractivity contribution is 5.94. The van der Waals surface area contributed by atoms with Gasteiger partial charge in [-0.15, -0.1) is 0 Å². The fourth-order valence-corrected chi connectivity index (χ4v) is 3.30. The molecule has 2 aromatic heterocycles. The van der Waals surface area contributed by atoms with E-state index in [0.29, 0.717) is 63.6 Å². The Hall–Kier alpha value is -2.61. The zero-order valence-electron chi connectivity index (χ0n) is 14.0. The number of imidazole rings is 1. The maximum atomic E-state index is 12.6. The van der Waals surface area contributed by atoms with Gasteiger partial charge < -0.3 is 24.1 Å². The fraction of sp³-hybridized carbons (Fsp3) is 0.471. The van der Waals surface area contributed by atoms with E-state index in [9.17, 15) is 9.59 Å². The number of nitrogens with zero attached hydrogens (tertiary/aromatic N) is 4. The zero-order valence-corrected chi connectivity index (χ0v) is 14.0. The van der Waals surface area contributed by atoms with Crippen LogP contribution in [0.25, 0.3) is 0 Å². The molecule has 1 fully saturated rings. The van der Waals surface area contributed by atoms with E-state index in [1.54, 1.807) is 23.4 Å². The van der Waals surface area contributed by atoms with E-state index < -0.39 is 0 Å². The standard InChI is InChI=1S/C17H21N5O3/c23-16(13-1-3-18-11-13)20-4-2-15-19-14(12-22(15)6-5-20)17(24)21-7-9-25-10-8-21/h1,3,11-12,18H,2,4-10H2. The first-order valence-corrected chi connectivity index (χ1v) is 8.57. The van der Waals surface area contributed by atoms with Gasteiger partial charge in [0.05, 0.1) is 18.8 Å². The van der Waals surface area contributed by atoms with Gasteiger partial charge in [-0.25, -0.2) is 4.98 Å². The van der Waals surface area contributed by atoms with E-state index in [-0.39, 0.29) is 11.8 Å². The first-order chi connectivity index (χ1) is 12.2. The lowest BCUT2D eigenvalue weighted by molar-refractivity contribution is 0.0299. The van der Waals surface area contributed by atoms with E-state index in [2.05, 4.69) is 9.97 Å². The van der Waals surface area contributed by atoms with Crippen LogP contribution in [0.5, 0.6) is 0 Å². The predicted octanol–water partition coefficient (Wildman–Crippen LogP) is 0.382. The molecule has 0 spiro atoms. The second-order valence-electron chi connectivity index (χ2n) is 6.28. The number of nitrogens with one attached hydrogen (secondary N) is 1. The number of hydrogen-bond donors (Lipinski definition) is 1. The normalized spacial score (nSPS) is 17.9. The maximum Gasteiger partial charge on any atom is 0.274 e. The van der Waals surface area contributed by atoms with Gasteiger partial charge in [-0.1, -0.05) is 0 Å². The second kappa shape index (κ2) is 6.72. The monoisotopic (exact) mass is 343 g/mol. The van der Waals surface area contributed by atoms with Crippen LogP contribution in [0, 0.1) is 0 Å². The van der Waals surface area contributed by atoms with Crippen LogP contribution in [-0.4, -0.2) is 75.5 Å². The predicted molar refractivity (Wildman–Crippen MR) is 89.3 cm³/mol. The molecular formula is C17H21N5O3. The largest absolute Gasteiger partial charge is 0.378 e. The first kappa shape index (κ1) is 15.9. The van der Waals surface area contributed by atoms with Crippen LogP contribution in [0.2, 0.25) is 0 Å². The number of amides is 2. The molecule has 0 bridgehead atoms. The molecule has 25 heavy (non-hydrogen) atoms. The van der Waals surface area contributed by atoms with E-state index in [0.717, 1.165) is 5.82 Å². The summed E-state index contributed by atoms with van der Waals surface area (Å²) < 4.78 is 7.29. The van der Waals surface area contributed by atoms with Crippen LogP contribution in [0.15, 0.2) is 24.7 Å². The van der Waals surface area contributed by atoms with Gasteiger partial charge in [-0.05, 0) is 6.07 Å². The Morgan fingerprint density at radius 2 is 1.84 bits per heavy atom. The third-order valence-electron chi connectivity index (χ3n) is 4.72. The molecule has 0 unspecified atom stereocenters. The van der Waals surface area contributed by atoms with Crippen molar-refractivity contribution in [3.8, 4) is 0 Å². The first-order valence-electron chi connectivity index (χ1n) is 8.57. The minimum atomic E-state index is -0.0378. The van der Waals surface area contributed by atoms with Crippen molar-refractivity contribution in [3.05, 3.63) is 41.7 Å². The Morgan fingerprint density at radius 1 is 1.04 bits per heavy atom. The van der Waals surface area contributed by atoms with Gasteiger partial charge in [0.15, 0.2) is 0 Å². The van der Waals surface area contributed by atoms with E-state index in [4.69, 9.17) is 4.74 Å². The van der Waals surface area contributed by atoms with Crippen molar-refractivity contribution in [2.75, 3.05) is 39.4 Å². The third-order valence-corrected chi connectivity index (χ3v) is 4.72. The lowest BCUT2D eigenvalue weighted by Crippen LogP contribution is -2.40. The van der Waals surface area contributed by atoms with Crippen LogP contribution in [-0.2, 0) is 17.7 Å². The maximum absolute atomic E-state index is 12.6.